The summed E-state index contributed by atoms with van der Waals surface area (Å²) in [6.45, 7) is 3.60. The highest BCUT2D eigenvalue weighted by Gasteiger charge is 2.15. The van der Waals surface area contributed by atoms with Crippen LogP contribution < -0.4 is 5.32 Å². The summed E-state index contributed by atoms with van der Waals surface area (Å²) in [4.78, 5) is 12.5. The summed E-state index contributed by atoms with van der Waals surface area (Å²) in [5.74, 6) is -0.866. The molecule has 0 saturated carbocycles. The molecule has 28 heavy (non-hydrogen) atoms. The van der Waals surface area contributed by atoms with Crippen molar-refractivity contribution in [3.8, 4) is 11.8 Å². The molecule has 140 valence electrons. The zero-order chi connectivity index (χ0) is 20.3. The maximum atomic E-state index is 13.2. The monoisotopic (exact) mass is 394 g/mol. The first kappa shape index (κ1) is 19.3. The summed E-state index contributed by atoms with van der Waals surface area (Å²) in [5, 5.41) is 17.1. The Labute approximate surface area is 166 Å². The number of nitrogens with one attached hydrogen (secondary N) is 1. The molecule has 0 bridgehead atoms. The van der Waals surface area contributed by atoms with E-state index in [0.29, 0.717) is 27.7 Å². The number of rotatable bonds is 4. The lowest BCUT2D eigenvalue weighted by molar-refractivity contribution is -0.112. The van der Waals surface area contributed by atoms with Crippen molar-refractivity contribution in [1.29, 1.82) is 5.26 Å². The Balaban J connectivity index is 1.92. The third-order valence-corrected chi connectivity index (χ3v) is 4.43. The van der Waals surface area contributed by atoms with Gasteiger partial charge >= 0.3 is 0 Å². The van der Waals surface area contributed by atoms with Crippen molar-refractivity contribution in [1.82, 2.24) is 9.78 Å². The lowest BCUT2D eigenvalue weighted by atomic mass is 10.1. The molecule has 0 aliphatic rings. The summed E-state index contributed by atoms with van der Waals surface area (Å²) >= 11 is 5.84. The van der Waals surface area contributed by atoms with E-state index < -0.39 is 5.91 Å². The first-order chi connectivity index (χ1) is 13.4. The Morgan fingerprint density at radius 3 is 2.43 bits per heavy atom. The van der Waals surface area contributed by atoms with Crippen LogP contribution in [0.5, 0.6) is 0 Å². The van der Waals surface area contributed by atoms with Gasteiger partial charge < -0.3 is 5.32 Å². The van der Waals surface area contributed by atoms with E-state index in [1.165, 1.54) is 18.2 Å². The molecular formula is C21H16ClFN4O. The number of nitrogens with zero attached hydrogens (tertiary/aromatic N) is 3. The Kier molecular flexibility index (Phi) is 5.57. The van der Waals surface area contributed by atoms with Gasteiger partial charge in [0.25, 0.3) is 5.91 Å². The standard InChI is InChI=1S/C21H16ClFN4O/c1-13-20(14(2)27(26-13)19-9-5-17(23)6-10-19)11-15(12-24)21(28)25-18-7-3-16(22)4-8-18/h3-11H,1-2H3,(H,25,28)/b15-11+. The number of aromatic nitrogens is 2. The van der Waals surface area contributed by atoms with E-state index in [4.69, 9.17) is 11.6 Å². The molecule has 0 aliphatic carbocycles. The highest BCUT2D eigenvalue weighted by molar-refractivity contribution is 6.30. The van der Waals surface area contributed by atoms with E-state index in [-0.39, 0.29) is 11.4 Å². The van der Waals surface area contributed by atoms with E-state index in [2.05, 4.69) is 10.4 Å². The van der Waals surface area contributed by atoms with Crippen molar-refractivity contribution >= 4 is 29.3 Å². The molecule has 5 nitrogen and oxygen atoms in total. The number of benzene rings is 2. The number of carbonyl (C=O) groups is 1. The van der Waals surface area contributed by atoms with Crippen LogP contribution in [0.1, 0.15) is 17.0 Å². The van der Waals surface area contributed by atoms with Crippen LogP contribution in [0.2, 0.25) is 5.02 Å². The van der Waals surface area contributed by atoms with Crippen LogP contribution in [-0.4, -0.2) is 15.7 Å². The molecule has 0 unspecified atom stereocenters. The van der Waals surface area contributed by atoms with Crippen LogP contribution in [0.3, 0.4) is 0 Å². The molecular weight excluding hydrogens is 379 g/mol. The summed E-state index contributed by atoms with van der Waals surface area (Å²) in [5.41, 5.74) is 3.20. The van der Waals surface area contributed by atoms with Crippen LogP contribution in [0.15, 0.2) is 54.1 Å². The lowest BCUT2D eigenvalue weighted by Gasteiger charge is -2.05. The molecule has 2 aromatic carbocycles. The van der Waals surface area contributed by atoms with Crippen molar-refractivity contribution in [2.24, 2.45) is 0 Å². The van der Waals surface area contributed by atoms with Crippen LogP contribution in [0.25, 0.3) is 11.8 Å². The number of halogens is 2. The first-order valence-electron chi connectivity index (χ1n) is 8.40. The number of hydrogen-bond acceptors (Lipinski definition) is 3. The van der Waals surface area contributed by atoms with Gasteiger partial charge in [0.1, 0.15) is 17.5 Å². The predicted octanol–water partition coefficient (Wildman–Crippen LogP) is 4.83. The zero-order valence-electron chi connectivity index (χ0n) is 15.2. The van der Waals surface area contributed by atoms with Gasteiger partial charge in [-0.1, -0.05) is 11.6 Å². The maximum absolute atomic E-state index is 13.2. The number of carbonyl (C=O) groups excluding carboxylic acids is 1. The van der Waals surface area contributed by atoms with Gasteiger partial charge in [0.2, 0.25) is 0 Å². The second kappa shape index (κ2) is 8.07. The Bertz CT molecular complexity index is 1090. The third-order valence-electron chi connectivity index (χ3n) is 4.17. The second-order valence-corrected chi connectivity index (χ2v) is 6.54. The molecule has 0 saturated heterocycles. The fourth-order valence-corrected chi connectivity index (χ4v) is 2.85. The summed E-state index contributed by atoms with van der Waals surface area (Å²) in [6, 6.07) is 14.4. The summed E-state index contributed by atoms with van der Waals surface area (Å²) in [7, 11) is 0. The minimum atomic E-state index is -0.529. The maximum Gasteiger partial charge on any atom is 0.266 e. The summed E-state index contributed by atoms with van der Waals surface area (Å²) < 4.78 is 14.8. The van der Waals surface area contributed by atoms with Gasteiger partial charge in [-0.25, -0.2) is 9.07 Å². The lowest BCUT2D eigenvalue weighted by Crippen LogP contribution is -2.13. The first-order valence-corrected chi connectivity index (χ1v) is 8.77. The smallest absolute Gasteiger partial charge is 0.266 e. The van der Waals surface area contributed by atoms with E-state index in [1.807, 2.05) is 13.0 Å². The number of anilines is 1. The highest BCUT2D eigenvalue weighted by atomic mass is 35.5. The van der Waals surface area contributed by atoms with Gasteiger partial charge in [-0.3, -0.25) is 4.79 Å². The molecule has 3 rings (SSSR count). The fraction of sp³-hybridized carbons (Fsp3) is 0.0952. The molecule has 0 fully saturated rings. The van der Waals surface area contributed by atoms with E-state index in [9.17, 15) is 14.4 Å². The number of amides is 1. The average molecular weight is 395 g/mol. The fourth-order valence-electron chi connectivity index (χ4n) is 2.72. The van der Waals surface area contributed by atoms with Crippen molar-refractivity contribution in [2.75, 3.05) is 5.32 Å². The second-order valence-electron chi connectivity index (χ2n) is 6.10. The van der Waals surface area contributed by atoms with Gasteiger partial charge in [-0.2, -0.15) is 10.4 Å². The zero-order valence-corrected chi connectivity index (χ0v) is 16.0. The van der Waals surface area contributed by atoms with Gasteiger partial charge in [0.15, 0.2) is 0 Å². The molecule has 3 aromatic rings. The quantitative estimate of drug-likeness (QED) is 0.509. The van der Waals surface area contributed by atoms with Gasteiger partial charge in [-0.15, -0.1) is 0 Å². The Hall–Kier alpha value is -3.43. The third kappa shape index (κ3) is 4.11. The molecule has 7 heteroatoms. The average Bonchev–Trinajstić information content (AvgIpc) is 2.96. The molecule has 0 atom stereocenters. The van der Waals surface area contributed by atoms with Crippen LogP contribution in [-0.2, 0) is 4.79 Å². The van der Waals surface area contributed by atoms with E-state index >= 15 is 0 Å². The predicted molar refractivity (Wildman–Crippen MR) is 107 cm³/mol. The van der Waals surface area contributed by atoms with Crippen LogP contribution >= 0.6 is 11.6 Å². The minimum absolute atomic E-state index is 0.0557. The van der Waals surface area contributed by atoms with Crippen molar-refractivity contribution in [3.05, 3.63) is 81.9 Å². The van der Waals surface area contributed by atoms with Crippen LogP contribution in [0.4, 0.5) is 10.1 Å². The highest BCUT2D eigenvalue weighted by Crippen LogP contribution is 2.21. The van der Waals surface area contributed by atoms with Crippen LogP contribution in [0, 0.1) is 31.0 Å². The molecule has 0 radical (unpaired) electrons. The molecule has 1 heterocycles. The van der Waals surface area contributed by atoms with Crippen molar-refractivity contribution in [2.45, 2.75) is 13.8 Å². The molecule has 1 aromatic heterocycles. The van der Waals surface area contributed by atoms with E-state index in [1.54, 1.807) is 48.0 Å². The van der Waals surface area contributed by atoms with E-state index in [0.717, 1.165) is 5.69 Å². The largest absolute Gasteiger partial charge is 0.321 e. The Morgan fingerprint density at radius 1 is 1.18 bits per heavy atom. The molecule has 1 N–H and O–H groups in total. The number of aryl methyl sites for hydroxylation is 1. The van der Waals surface area contributed by atoms with Gasteiger partial charge in [0.05, 0.1) is 11.4 Å². The van der Waals surface area contributed by atoms with Gasteiger partial charge in [-0.05, 0) is 68.5 Å². The normalized spacial score (nSPS) is 11.2. The number of nitriles is 1. The van der Waals surface area contributed by atoms with Crippen molar-refractivity contribution in [3.63, 3.8) is 0 Å². The minimum Gasteiger partial charge on any atom is -0.321 e. The molecule has 0 aliphatic heterocycles. The Morgan fingerprint density at radius 2 is 1.82 bits per heavy atom. The topological polar surface area (TPSA) is 70.7 Å². The SMILES string of the molecule is Cc1nn(-c2ccc(F)cc2)c(C)c1/C=C(\C#N)C(=O)Nc1ccc(Cl)cc1. The van der Waals surface area contributed by atoms with Crippen molar-refractivity contribution < 1.29 is 9.18 Å². The summed E-state index contributed by atoms with van der Waals surface area (Å²) in [6.07, 6.45) is 1.50. The number of hydrogen-bond donors (Lipinski definition) is 1. The molecule has 1 amide bonds. The van der Waals surface area contributed by atoms with Gasteiger partial charge in [0, 0.05) is 22.0 Å². The molecule has 0 spiro atoms.